The molecule has 2 atom stereocenters. The van der Waals surface area contributed by atoms with Crippen LogP contribution in [0, 0.1) is 17.0 Å². The number of carbonyl (C=O) groups excluding carboxylic acids is 2. The lowest BCUT2D eigenvalue weighted by molar-refractivity contribution is -0.140. The molecule has 4 aromatic rings. The van der Waals surface area contributed by atoms with Crippen LogP contribution >= 0.6 is 0 Å². The molecule has 0 unspecified atom stereocenters. The highest BCUT2D eigenvalue weighted by Crippen LogP contribution is 2.48. The summed E-state index contributed by atoms with van der Waals surface area (Å²) in [6.45, 7) is 10.5. The summed E-state index contributed by atoms with van der Waals surface area (Å²) in [4.78, 5) is 40.8. The van der Waals surface area contributed by atoms with Crippen molar-refractivity contribution in [1.29, 1.82) is 0 Å². The number of rotatable bonds is 18. The summed E-state index contributed by atoms with van der Waals surface area (Å²) in [5.74, 6) is -0.981. The third kappa shape index (κ3) is 10.1. The first-order valence-electron chi connectivity index (χ1n) is 21.6. The summed E-state index contributed by atoms with van der Waals surface area (Å²) in [7, 11) is 5.05. The van der Waals surface area contributed by atoms with E-state index in [9.17, 15) is 9.59 Å². The zero-order chi connectivity index (χ0) is 43.5. The van der Waals surface area contributed by atoms with E-state index in [4.69, 9.17) is 33.7 Å². The molecular formula is C47H61F2N5O7. The molecule has 14 heteroatoms. The highest BCUT2D eigenvalue weighted by molar-refractivity contribution is 6.01. The number of anilines is 1. The van der Waals surface area contributed by atoms with Gasteiger partial charge in [0.1, 0.15) is 28.5 Å². The van der Waals surface area contributed by atoms with Crippen LogP contribution in [0.15, 0.2) is 42.5 Å². The van der Waals surface area contributed by atoms with E-state index >= 15 is 8.78 Å². The van der Waals surface area contributed by atoms with E-state index in [1.165, 1.54) is 20.3 Å². The van der Waals surface area contributed by atoms with Crippen molar-refractivity contribution in [3.63, 3.8) is 0 Å². The molecule has 3 heterocycles. The van der Waals surface area contributed by atoms with E-state index in [0.717, 1.165) is 76.3 Å². The minimum Gasteiger partial charge on any atom is -0.469 e. The summed E-state index contributed by atoms with van der Waals surface area (Å²) in [6.07, 6.45) is 8.62. The standard InChI is InChI=1S/C47H61F2N5O7/c1-45(2,3)61-44(56)54-32-18-19-46(54,4)27-53(26-32)42-36-25-37(48)39(35-24-33(60-30-57-6)23-31-15-12-13-16-34(31)35)40(49)41(36)50-43(51-42)59-29-47(20-21-47)28-52(5)22-14-10-8-9-11-17-38(55)58-7/h12-13,15-16,23-25,32H,8-11,14,17-22,26-30H2,1-7H3/t32-,46+/m1/s1. The van der Waals surface area contributed by atoms with Crippen LogP contribution in [-0.2, 0) is 19.0 Å². The number of hydrogen-bond acceptors (Lipinski definition) is 11. The van der Waals surface area contributed by atoms with Gasteiger partial charge < -0.3 is 33.5 Å². The molecular weight excluding hydrogens is 785 g/mol. The first kappa shape index (κ1) is 44.2. The topological polar surface area (TPSA) is 116 Å². The minimum absolute atomic E-state index is 0.0222. The van der Waals surface area contributed by atoms with Gasteiger partial charge in [0.25, 0.3) is 0 Å². The molecule has 2 saturated heterocycles. The van der Waals surface area contributed by atoms with E-state index < -0.39 is 22.8 Å². The molecule has 0 spiro atoms. The van der Waals surface area contributed by atoms with E-state index in [1.807, 2.05) is 67.8 Å². The Balaban J connectivity index is 1.18. The van der Waals surface area contributed by atoms with Crippen molar-refractivity contribution >= 4 is 39.6 Å². The van der Waals surface area contributed by atoms with Gasteiger partial charge in [0, 0.05) is 44.0 Å². The van der Waals surface area contributed by atoms with E-state index in [1.54, 1.807) is 6.07 Å². The Kier molecular flexibility index (Phi) is 13.2. The summed E-state index contributed by atoms with van der Waals surface area (Å²) in [5, 5.41) is 1.62. The SMILES string of the molecule is COCOc1cc(-c2c(F)cc3c(N4C[C@H]5CC[C@@](C)(C4)N5C(=O)OC(C)(C)C)nc(OCC4(CN(C)CCCCCCCC(=O)OC)CC4)nc3c2F)c2ccccc2c1. The number of unbranched alkanes of at least 4 members (excludes halogenated alkanes) is 4. The third-order valence-electron chi connectivity index (χ3n) is 12.3. The Morgan fingerprint density at radius 3 is 2.43 bits per heavy atom. The second-order valence-corrected chi connectivity index (χ2v) is 18.6. The number of piperazine rings is 1. The monoisotopic (exact) mass is 845 g/mol. The maximum absolute atomic E-state index is 17.4. The number of aromatic nitrogens is 2. The van der Waals surface area contributed by atoms with Gasteiger partial charge in [-0.05, 0) is 114 Å². The first-order chi connectivity index (χ1) is 29.1. The van der Waals surface area contributed by atoms with Gasteiger partial charge in [-0.25, -0.2) is 13.6 Å². The predicted octanol–water partition coefficient (Wildman–Crippen LogP) is 9.29. The molecule has 1 aromatic heterocycles. The van der Waals surface area contributed by atoms with E-state index in [-0.39, 0.29) is 52.8 Å². The lowest BCUT2D eigenvalue weighted by atomic mass is 9.95. The quantitative estimate of drug-likeness (QED) is 0.0542. The molecule has 3 aromatic carbocycles. The largest absolute Gasteiger partial charge is 0.469 e. The minimum atomic E-state index is -0.828. The van der Waals surface area contributed by atoms with Crippen molar-refractivity contribution in [1.82, 2.24) is 19.8 Å². The van der Waals surface area contributed by atoms with Crippen molar-refractivity contribution in [3.05, 3.63) is 54.1 Å². The van der Waals surface area contributed by atoms with Crippen molar-refractivity contribution < 1.29 is 42.1 Å². The molecule has 1 saturated carbocycles. The molecule has 3 fully saturated rings. The number of methoxy groups -OCH3 is 2. The van der Waals surface area contributed by atoms with E-state index in [0.29, 0.717) is 48.6 Å². The zero-order valence-corrected chi connectivity index (χ0v) is 36.8. The Labute approximate surface area is 357 Å². The maximum Gasteiger partial charge on any atom is 0.411 e. The van der Waals surface area contributed by atoms with Gasteiger partial charge in [0.2, 0.25) is 0 Å². The lowest BCUT2D eigenvalue weighted by Crippen LogP contribution is -2.63. The normalized spacial score (nSPS) is 19.5. The molecule has 61 heavy (non-hydrogen) atoms. The maximum atomic E-state index is 17.4. The van der Waals surface area contributed by atoms with Gasteiger partial charge in [0.15, 0.2) is 12.6 Å². The van der Waals surface area contributed by atoms with Crippen LogP contribution in [0.3, 0.4) is 0 Å². The number of nitrogens with zero attached hydrogens (tertiary/aromatic N) is 5. The summed E-state index contributed by atoms with van der Waals surface area (Å²) < 4.78 is 62.0. The molecule has 2 aliphatic heterocycles. The smallest absolute Gasteiger partial charge is 0.411 e. The summed E-state index contributed by atoms with van der Waals surface area (Å²) >= 11 is 0. The highest BCUT2D eigenvalue weighted by atomic mass is 19.1. The fraction of sp³-hybridized carbons (Fsp3) is 0.574. The van der Waals surface area contributed by atoms with Crippen LogP contribution < -0.4 is 14.4 Å². The summed E-state index contributed by atoms with van der Waals surface area (Å²) in [5.41, 5.74) is -1.31. The fourth-order valence-electron chi connectivity index (χ4n) is 9.16. The zero-order valence-electron chi connectivity index (χ0n) is 36.8. The number of hydrogen-bond donors (Lipinski definition) is 0. The lowest BCUT2D eigenvalue weighted by Gasteiger charge is -2.47. The third-order valence-corrected chi connectivity index (χ3v) is 12.3. The van der Waals surface area contributed by atoms with Gasteiger partial charge in [-0.15, -0.1) is 0 Å². The van der Waals surface area contributed by atoms with Gasteiger partial charge in [0.05, 0.1) is 30.9 Å². The molecule has 1 amide bonds. The van der Waals surface area contributed by atoms with Crippen molar-refractivity contribution in [2.45, 2.75) is 109 Å². The number of carbonyl (C=O) groups is 2. The van der Waals surface area contributed by atoms with Crippen LogP contribution in [0.4, 0.5) is 19.4 Å². The number of esters is 1. The predicted molar refractivity (Wildman–Crippen MR) is 231 cm³/mol. The Morgan fingerprint density at radius 2 is 1.70 bits per heavy atom. The second-order valence-electron chi connectivity index (χ2n) is 18.6. The van der Waals surface area contributed by atoms with Gasteiger partial charge >= 0.3 is 18.1 Å². The molecule has 3 aliphatic rings. The molecule has 2 bridgehead atoms. The number of benzene rings is 3. The molecule has 7 rings (SSSR count). The second kappa shape index (κ2) is 18.3. The van der Waals surface area contributed by atoms with Crippen molar-refractivity contribution in [3.8, 4) is 22.9 Å². The van der Waals surface area contributed by atoms with Crippen molar-refractivity contribution in [2.24, 2.45) is 5.41 Å². The van der Waals surface area contributed by atoms with Gasteiger partial charge in [-0.1, -0.05) is 43.5 Å². The molecule has 0 N–H and O–H groups in total. The Morgan fingerprint density at radius 1 is 0.951 bits per heavy atom. The number of halogens is 2. The first-order valence-corrected chi connectivity index (χ1v) is 21.6. The Hall–Kier alpha value is -4.82. The number of amides is 1. The molecule has 12 nitrogen and oxygen atoms in total. The van der Waals surface area contributed by atoms with Crippen LogP contribution in [0.5, 0.6) is 11.8 Å². The number of fused-ring (bicyclic) bond motifs is 4. The van der Waals surface area contributed by atoms with Crippen molar-refractivity contribution in [2.75, 3.05) is 65.7 Å². The van der Waals surface area contributed by atoms with Crippen LogP contribution in [0.25, 0.3) is 32.8 Å². The van der Waals surface area contributed by atoms with Crippen LogP contribution in [-0.4, -0.2) is 110 Å². The van der Waals surface area contributed by atoms with Crippen LogP contribution in [0.2, 0.25) is 0 Å². The van der Waals surface area contributed by atoms with Crippen LogP contribution in [0.1, 0.15) is 91.9 Å². The Bertz CT molecular complexity index is 2230. The van der Waals surface area contributed by atoms with E-state index in [2.05, 4.69) is 11.9 Å². The fourth-order valence-corrected chi connectivity index (χ4v) is 9.16. The van der Waals surface area contributed by atoms with Gasteiger partial charge in [-0.3, -0.25) is 9.69 Å². The molecule has 0 radical (unpaired) electrons. The van der Waals surface area contributed by atoms with Gasteiger partial charge in [-0.2, -0.15) is 9.97 Å². The summed E-state index contributed by atoms with van der Waals surface area (Å²) in [6, 6.07) is 12.0. The molecule has 1 aliphatic carbocycles. The number of ether oxygens (including phenoxy) is 5. The average molecular weight is 846 g/mol. The molecule has 330 valence electrons. The highest BCUT2D eigenvalue weighted by Gasteiger charge is 2.52. The average Bonchev–Trinajstić information content (AvgIpc) is 3.94.